The molecule has 8 heteroatoms. The summed E-state index contributed by atoms with van der Waals surface area (Å²) in [6.45, 7) is 2.51. The van der Waals surface area contributed by atoms with E-state index >= 15 is 0 Å². The first kappa shape index (κ1) is 15.9. The van der Waals surface area contributed by atoms with Gasteiger partial charge in [0.15, 0.2) is 5.82 Å². The number of hydrogen-bond donors (Lipinski definition) is 2. The third-order valence-electron chi connectivity index (χ3n) is 3.67. The average molecular weight is 331 g/mol. The molecule has 0 aliphatic heterocycles. The number of halogens is 2. The van der Waals surface area contributed by atoms with Crippen molar-refractivity contribution in [1.29, 1.82) is 0 Å². The molecule has 124 valence electrons. The van der Waals surface area contributed by atoms with Crippen molar-refractivity contribution < 1.29 is 8.78 Å². The predicted octanol–water partition coefficient (Wildman–Crippen LogP) is 2.29. The van der Waals surface area contributed by atoms with Gasteiger partial charge >= 0.3 is 0 Å². The molecule has 0 aliphatic rings. The zero-order valence-electron chi connectivity index (χ0n) is 13.1. The number of anilines is 2. The van der Waals surface area contributed by atoms with Crippen molar-refractivity contribution >= 4 is 22.7 Å². The number of nitrogens with two attached hydrogens (primary N) is 1. The normalized spacial score (nSPS) is 11.0. The second-order valence-corrected chi connectivity index (χ2v) is 5.25. The Labute approximate surface area is 136 Å². The van der Waals surface area contributed by atoms with Gasteiger partial charge in [0, 0.05) is 25.2 Å². The Morgan fingerprint density at radius 1 is 1.33 bits per heavy atom. The van der Waals surface area contributed by atoms with Crippen LogP contribution in [0.5, 0.6) is 0 Å². The van der Waals surface area contributed by atoms with Crippen LogP contribution in [0, 0.1) is 11.6 Å². The minimum atomic E-state index is -0.961. The molecule has 0 fully saturated rings. The Balaban J connectivity index is 2.32. The maximum atomic E-state index is 14.3. The van der Waals surface area contributed by atoms with E-state index in [1.54, 1.807) is 0 Å². The molecule has 2 heterocycles. The smallest absolute Gasteiger partial charge is 0.260 e. The number of rotatable bonds is 3. The van der Waals surface area contributed by atoms with Crippen molar-refractivity contribution in [3.8, 4) is 11.1 Å². The van der Waals surface area contributed by atoms with Gasteiger partial charge in [-0.3, -0.25) is 9.36 Å². The second kappa shape index (κ2) is 5.88. The van der Waals surface area contributed by atoms with Crippen LogP contribution in [0.3, 0.4) is 0 Å². The SMILES string of the molecule is CCNc1ncc2cc(-c3c(F)ccc(N)c3F)c(=O)n(C)c2n1. The van der Waals surface area contributed by atoms with E-state index in [1.807, 2.05) is 6.92 Å². The largest absolute Gasteiger partial charge is 0.396 e. The molecule has 3 aromatic rings. The molecule has 0 spiro atoms. The van der Waals surface area contributed by atoms with E-state index in [0.717, 1.165) is 12.1 Å². The number of pyridine rings is 1. The first-order valence-corrected chi connectivity index (χ1v) is 7.28. The number of nitrogens with one attached hydrogen (secondary N) is 1. The lowest BCUT2D eigenvalue weighted by molar-refractivity contribution is 0.592. The van der Waals surface area contributed by atoms with E-state index in [1.165, 1.54) is 23.9 Å². The summed E-state index contributed by atoms with van der Waals surface area (Å²) in [5, 5.41) is 3.43. The molecular weight excluding hydrogens is 316 g/mol. The molecule has 0 atom stereocenters. The number of nitrogen functional groups attached to an aromatic ring is 1. The summed E-state index contributed by atoms with van der Waals surface area (Å²) < 4.78 is 29.6. The summed E-state index contributed by atoms with van der Waals surface area (Å²) in [5.41, 5.74) is 4.47. The van der Waals surface area contributed by atoms with Gasteiger partial charge in [-0.25, -0.2) is 13.8 Å². The summed E-state index contributed by atoms with van der Waals surface area (Å²) >= 11 is 0. The zero-order valence-corrected chi connectivity index (χ0v) is 13.1. The van der Waals surface area contributed by atoms with Crippen LogP contribution in [0.4, 0.5) is 20.4 Å². The topological polar surface area (TPSA) is 85.8 Å². The third kappa shape index (κ3) is 2.45. The van der Waals surface area contributed by atoms with E-state index in [-0.39, 0.29) is 11.3 Å². The monoisotopic (exact) mass is 331 g/mol. The fourth-order valence-electron chi connectivity index (χ4n) is 2.48. The van der Waals surface area contributed by atoms with Crippen LogP contribution in [0.15, 0.2) is 29.2 Å². The lowest BCUT2D eigenvalue weighted by Crippen LogP contribution is -2.21. The molecule has 6 nitrogen and oxygen atoms in total. The summed E-state index contributed by atoms with van der Waals surface area (Å²) in [5.74, 6) is -1.45. The second-order valence-electron chi connectivity index (χ2n) is 5.25. The van der Waals surface area contributed by atoms with E-state index in [9.17, 15) is 13.6 Å². The molecule has 0 bridgehead atoms. The maximum Gasteiger partial charge on any atom is 0.260 e. The van der Waals surface area contributed by atoms with Gasteiger partial charge in [-0.2, -0.15) is 4.98 Å². The van der Waals surface area contributed by atoms with Gasteiger partial charge in [-0.15, -0.1) is 0 Å². The number of benzene rings is 1. The molecule has 24 heavy (non-hydrogen) atoms. The first-order chi connectivity index (χ1) is 11.4. The third-order valence-corrected chi connectivity index (χ3v) is 3.67. The van der Waals surface area contributed by atoms with Crippen molar-refractivity contribution in [2.75, 3.05) is 17.6 Å². The summed E-state index contributed by atoms with van der Waals surface area (Å²) in [6, 6.07) is 3.52. The highest BCUT2D eigenvalue weighted by Crippen LogP contribution is 2.28. The number of nitrogens with zero attached hydrogens (tertiary/aromatic N) is 3. The summed E-state index contributed by atoms with van der Waals surface area (Å²) in [4.78, 5) is 20.9. The Kier molecular flexibility index (Phi) is 3.88. The molecule has 0 saturated heterocycles. The highest BCUT2D eigenvalue weighted by Gasteiger charge is 2.19. The van der Waals surface area contributed by atoms with Crippen LogP contribution in [-0.2, 0) is 7.05 Å². The van der Waals surface area contributed by atoms with Crippen LogP contribution in [-0.4, -0.2) is 21.1 Å². The molecule has 3 N–H and O–H groups in total. The highest BCUT2D eigenvalue weighted by molar-refractivity contribution is 5.82. The average Bonchev–Trinajstić information content (AvgIpc) is 2.56. The van der Waals surface area contributed by atoms with Crippen molar-refractivity contribution in [2.24, 2.45) is 7.05 Å². The van der Waals surface area contributed by atoms with E-state index in [2.05, 4.69) is 15.3 Å². The molecule has 0 unspecified atom stereocenters. The minimum Gasteiger partial charge on any atom is -0.396 e. The Bertz CT molecular complexity index is 1000. The maximum absolute atomic E-state index is 14.3. The lowest BCUT2D eigenvalue weighted by atomic mass is 10.0. The van der Waals surface area contributed by atoms with E-state index in [4.69, 9.17) is 5.73 Å². The van der Waals surface area contributed by atoms with Gasteiger partial charge in [0.1, 0.15) is 11.5 Å². The van der Waals surface area contributed by atoms with Crippen LogP contribution < -0.4 is 16.6 Å². The molecule has 1 aromatic carbocycles. The molecule has 2 aromatic heterocycles. The lowest BCUT2D eigenvalue weighted by Gasteiger charge is -2.11. The number of fused-ring (bicyclic) bond motifs is 1. The van der Waals surface area contributed by atoms with Crippen LogP contribution >= 0.6 is 0 Å². The standard InChI is InChI=1S/C16H15F2N5O/c1-3-20-16-21-7-8-6-9(15(24)23(2)14(8)22-16)12-10(17)4-5-11(19)13(12)18/h4-7H,3,19H2,1-2H3,(H,20,21,22). The molecule has 0 radical (unpaired) electrons. The molecule has 0 saturated carbocycles. The van der Waals surface area contributed by atoms with Gasteiger partial charge in [-0.05, 0) is 25.1 Å². The predicted molar refractivity (Wildman–Crippen MR) is 88.7 cm³/mol. The van der Waals surface area contributed by atoms with E-state index in [0.29, 0.717) is 23.5 Å². The van der Waals surface area contributed by atoms with Gasteiger partial charge in [0.2, 0.25) is 5.95 Å². The fourth-order valence-corrected chi connectivity index (χ4v) is 2.48. The fraction of sp³-hybridized carbons (Fsp3) is 0.188. The molecule has 0 amide bonds. The molecular formula is C16H15F2N5O. The Morgan fingerprint density at radius 3 is 2.79 bits per heavy atom. The molecule has 3 rings (SSSR count). The molecule has 0 aliphatic carbocycles. The number of aromatic nitrogens is 3. The van der Waals surface area contributed by atoms with Gasteiger partial charge in [0.25, 0.3) is 5.56 Å². The van der Waals surface area contributed by atoms with Gasteiger partial charge in [-0.1, -0.05) is 0 Å². The van der Waals surface area contributed by atoms with Crippen molar-refractivity contribution in [1.82, 2.24) is 14.5 Å². The number of aryl methyl sites for hydroxylation is 1. The first-order valence-electron chi connectivity index (χ1n) is 7.28. The summed E-state index contributed by atoms with van der Waals surface area (Å²) in [6.07, 6.45) is 1.49. The van der Waals surface area contributed by atoms with Crippen LogP contribution in [0.2, 0.25) is 0 Å². The minimum absolute atomic E-state index is 0.132. The van der Waals surface area contributed by atoms with Crippen molar-refractivity contribution in [3.63, 3.8) is 0 Å². The highest BCUT2D eigenvalue weighted by atomic mass is 19.1. The van der Waals surface area contributed by atoms with Crippen LogP contribution in [0.25, 0.3) is 22.2 Å². The zero-order chi connectivity index (χ0) is 17.4. The Hall–Kier alpha value is -3.03. The quantitative estimate of drug-likeness (QED) is 0.719. The van der Waals surface area contributed by atoms with Gasteiger partial charge < -0.3 is 11.1 Å². The summed E-state index contributed by atoms with van der Waals surface area (Å²) in [7, 11) is 1.49. The van der Waals surface area contributed by atoms with Crippen LogP contribution in [0.1, 0.15) is 6.92 Å². The van der Waals surface area contributed by atoms with Crippen molar-refractivity contribution in [3.05, 3.63) is 46.4 Å². The number of hydrogen-bond acceptors (Lipinski definition) is 5. The Morgan fingerprint density at radius 2 is 2.08 bits per heavy atom. The van der Waals surface area contributed by atoms with Gasteiger partial charge in [0.05, 0.1) is 16.8 Å². The van der Waals surface area contributed by atoms with E-state index < -0.39 is 22.8 Å². The van der Waals surface area contributed by atoms with Crippen molar-refractivity contribution in [2.45, 2.75) is 6.92 Å².